The van der Waals surface area contributed by atoms with E-state index in [4.69, 9.17) is 14.2 Å². The molecule has 0 bridgehead atoms. The van der Waals surface area contributed by atoms with Crippen LogP contribution in [0.15, 0.2) is 48.6 Å². The van der Waals surface area contributed by atoms with E-state index in [-0.39, 0.29) is 11.9 Å². The number of rotatable bonds is 10. The van der Waals surface area contributed by atoms with Crippen molar-refractivity contribution in [2.75, 3.05) is 38.3 Å². The summed E-state index contributed by atoms with van der Waals surface area (Å²) in [5.74, 6) is 0.00586. The van der Waals surface area contributed by atoms with Crippen LogP contribution >= 0.6 is 0 Å². The highest BCUT2D eigenvalue weighted by Crippen LogP contribution is 2.19. The van der Waals surface area contributed by atoms with E-state index in [1.54, 1.807) is 33.1 Å². The molecule has 0 heterocycles. The van der Waals surface area contributed by atoms with E-state index in [2.05, 4.69) is 0 Å². The molecule has 6 nitrogen and oxygen atoms in total. The Balaban J connectivity index is 2.78. The predicted octanol–water partition coefficient (Wildman–Crippen LogP) is 2.74. The van der Waals surface area contributed by atoms with E-state index in [1.807, 2.05) is 29.2 Å². The van der Waals surface area contributed by atoms with Crippen LogP contribution < -0.4 is 9.64 Å². The molecule has 0 aliphatic rings. The summed E-state index contributed by atoms with van der Waals surface area (Å²) in [7, 11) is 1.61. The van der Waals surface area contributed by atoms with Crippen molar-refractivity contribution in [1.29, 1.82) is 0 Å². The van der Waals surface area contributed by atoms with Crippen LogP contribution in [-0.4, -0.2) is 45.4 Å². The molecule has 0 fully saturated rings. The van der Waals surface area contributed by atoms with Gasteiger partial charge in [0, 0.05) is 30.9 Å². The molecule has 0 saturated carbocycles. The highest BCUT2D eigenvalue weighted by molar-refractivity contribution is 5.82. The van der Waals surface area contributed by atoms with Crippen molar-refractivity contribution < 1.29 is 23.8 Å². The van der Waals surface area contributed by atoms with Crippen molar-refractivity contribution in [3.05, 3.63) is 48.6 Å². The molecule has 0 unspecified atom stereocenters. The Hall–Kier alpha value is -2.76. The van der Waals surface area contributed by atoms with Gasteiger partial charge in [0.05, 0.1) is 20.3 Å². The molecule has 1 aromatic rings. The molecule has 0 saturated heterocycles. The first-order chi connectivity index (χ1) is 12.1. The molecule has 136 valence electrons. The van der Waals surface area contributed by atoms with Gasteiger partial charge in [0.15, 0.2) is 0 Å². The SMILES string of the molecule is CCOC(=O)/C=C/CN(C/C=C/C(=O)OCC)c1ccc(OC)cc1. The summed E-state index contributed by atoms with van der Waals surface area (Å²) in [5.41, 5.74) is 0.933. The van der Waals surface area contributed by atoms with Crippen LogP contribution in [0.3, 0.4) is 0 Å². The molecule has 0 N–H and O–H groups in total. The lowest BCUT2D eigenvalue weighted by atomic mass is 10.2. The van der Waals surface area contributed by atoms with E-state index < -0.39 is 0 Å². The zero-order chi connectivity index (χ0) is 18.5. The van der Waals surface area contributed by atoms with Crippen molar-refractivity contribution >= 4 is 17.6 Å². The van der Waals surface area contributed by atoms with Gasteiger partial charge in [0.1, 0.15) is 5.75 Å². The number of ether oxygens (including phenoxy) is 3. The second-order valence-electron chi connectivity index (χ2n) is 4.91. The van der Waals surface area contributed by atoms with Gasteiger partial charge in [-0.05, 0) is 38.1 Å². The zero-order valence-electron chi connectivity index (χ0n) is 14.9. The van der Waals surface area contributed by atoms with Crippen LogP contribution in [-0.2, 0) is 19.1 Å². The fourth-order valence-electron chi connectivity index (χ4n) is 2.01. The third-order valence-corrected chi connectivity index (χ3v) is 3.17. The molecule has 0 aromatic heterocycles. The number of benzene rings is 1. The van der Waals surface area contributed by atoms with E-state index >= 15 is 0 Å². The lowest BCUT2D eigenvalue weighted by Gasteiger charge is -2.22. The van der Waals surface area contributed by atoms with E-state index in [0.29, 0.717) is 26.3 Å². The minimum absolute atomic E-state index is 0.341. The lowest BCUT2D eigenvalue weighted by molar-refractivity contribution is -0.138. The topological polar surface area (TPSA) is 65.1 Å². The van der Waals surface area contributed by atoms with E-state index in [1.165, 1.54) is 12.2 Å². The maximum Gasteiger partial charge on any atom is 0.330 e. The van der Waals surface area contributed by atoms with Gasteiger partial charge in [-0.25, -0.2) is 9.59 Å². The van der Waals surface area contributed by atoms with Crippen molar-refractivity contribution in [2.24, 2.45) is 0 Å². The first kappa shape index (κ1) is 20.3. The molecular formula is C19H25NO5. The number of anilines is 1. The second kappa shape index (κ2) is 11.7. The fraction of sp³-hybridized carbons (Fsp3) is 0.368. The summed E-state index contributed by atoms with van der Waals surface area (Å²) in [5, 5.41) is 0. The van der Waals surface area contributed by atoms with Gasteiger partial charge in [-0.15, -0.1) is 0 Å². The smallest absolute Gasteiger partial charge is 0.330 e. The standard InChI is InChI=1S/C19H25NO5/c1-4-24-18(21)8-6-14-20(15-7-9-19(22)25-5-2)16-10-12-17(23-3)13-11-16/h6-13H,4-5,14-15H2,1-3H3/b8-6+,9-7+. The van der Waals surface area contributed by atoms with Crippen molar-refractivity contribution in [2.45, 2.75) is 13.8 Å². The van der Waals surface area contributed by atoms with Crippen LogP contribution in [0.25, 0.3) is 0 Å². The number of carbonyl (C=O) groups excluding carboxylic acids is 2. The summed E-state index contributed by atoms with van der Waals surface area (Å²) >= 11 is 0. The minimum atomic E-state index is -0.376. The Morgan fingerprint density at radius 1 is 0.920 bits per heavy atom. The van der Waals surface area contributed by atoms with Crippen LogP contribution in [0, 0.1) is 0 Å². The van der Waals surface area contributed by atoms with Gasteiger partial charge >= 0.3 is 11.9 Å². The number of methoxy groups -OCH3 is 1. The molecule has 25 heavy (non-hydrogen) atoms. The Labute approximate surface area is 148 Å². The molecule has 0 atom stereocenters. The molecule has 0 aliphatic heterocycles. The largest absolute Gasteiger partial charge is 0.497 e. The molecule has 0 aliphatic carbocycles. The van der Waals surface area contributed by atoms with Gasteiger partial charge in [-0.2, -0.15) is 0 Å². The lowest BCUT2D eigenvalue weighted by Crippen LogP contribution is -2.23. The van der Waals surface area contributed by atoms with E-state index in [0.717, 1.165) is 11.4 Å². The summed E-state index contributed by atoms with van der Waals surface area (Å²) in [6.45, 7) is 5.17. The van der Waals surface area contributed by atoms with Gasteiger partial charge in [0.2, 0.25) is 0 Å². The first-order valence-corrected chi connectivity index (χ1v) is 8.16. The van der Waals surface area contributed by atoms with Crippen molar-refractivity contribution in [3.8, 4) is 5.75 Å². The van der Waals surface area contributed by atoms with Crippen molar-refractivity contribution in [3.63, 3.8) is 0 Å². The average Bonchev–Trinajstić information content (AvgIpc) is 2.61. The molecule has 0 radical (unpaired) electrons. The highest BCUT2D eigenvalue weighted by Gasteiger charge is 2.05. The number of hydrogen-bond donors (Lipinski definition) is 0. The van der Waals surface area contributed by atoms with Crippen LogP contribution in [0.2, 0.25) is 0 Å². The Bertz CT molecular complexity index is 562. The number of nitrogens with zero attached hydrogens (tertiary/aromatic N) is 1. The molecular weight excluding hydrogens is 322 g/mol. The summed E-state index contributed by atoms with van der Waals surface area (Å²) in [6.07, 6.45) is 6.24. The first-order valence-electron chi connectivity index (χ1n) is 8.16. The van der Waals surface area contributed by atoms with Gasteiger partial charge in [-0.1, -0.05) is 12.2 Å². The van der Waals surface area contributed by atoms with Gasteiger partial charge in [0.25, 0.3) is 0 Å². The normalized spacial score (nSPS) is 10.8. The molecule has 1 aromatic carbocycles. The van der Waals surface area contributed by atoms with Crippen LogP contribution in [0.4, 0.5) is 5.69 Å². The van der Waals surface area contributed by atoms with Crippen LogP contribution in [0.1, 0.15) is 13.8 Å². The summed E-state index contributed by atoms with van der Waals surface area (Å²) < 4.78 is 14.9. The zero-order valence-corrected chi connectivity index (χ0v) is 14.9. The molecule has 0 amide bonds. The minimum Gasteiger partial charge on any atom is -0.497 e. The average molecular weight is 347 g/mol. The maximum absolute atomic E-state index is 11.4. The van der Waals surface area contributed by atoms with Gasteiger partial charge < -0.3 is 19.1 Å². The Kier molecular flexibility index (Phi) is 9.51. The van der Waals surface area contributed by atoms with Gasteiger partial charge in [-0.3, -0.25) is 0 Å². The number of hydrogen-bond acceptors (Lipinski definition) is 6. The van der Waals surface area contributed by atoms with Crippen molar-refractivity contribution in [1.82, 2.24) is 0 Å². The Morgan fingerprint density at radius 2 is 1.40 bits per heavy atom. The summed E-state index contributed by atoms with van der Waals surface area (Å²) in [4.78, 5) is 24.8. The fourth-order valence-corrected chi connectivity index (χ4v) is 2.01. The second-order valence-corrected chi connectivity index (χ2v) is 4.91. The third-order valence-electron chi connectivity index (χ3n) is 3.17. The maximum atomic E-state index is 11.4. The molecule has 1 rings (SSSR count). The third kappa shape index (κ3) is 8.06. The predicted molar refractivity (Wildman–Crippen MR) is 96.8 cm³/mol. The summed E-state index contributed by atoms with van der Waals surface area (Å²) in [6, 6.07) is 7.53. The molecule has 0 spiro atoms. The Morgan fingerprint density at radius 3 is 1.80 bits per heavy atom. The molecule has 6 heteroatoms. The van der Waals surface area contributed by atoms with E-state index in [9.17, 15) is 9.59 Å². The van der Waals surface area contributed by atoms with Crippen LogP contribution in [0.5, 0.6) is 5.75 Å². The monoisotopic (exact) mass is 347 g/mol. The quantitative estimate of drug-likeness (QED) is 0.479. The highest BCUT2D eigenvalue weighted by atomic mass is 16.5. The number of esters is 2. The number of carbonyl (C=O) groups is 2.